The number of aromatic amines is 1. The van der Waals surface area contributed by atoms with Gasteiger partial charge in [0.05, 0.1) is 11.7 Å². The van der Waals surface area contributed by atoms with Gasteiger partial charge in [0.2, 0.25) is 0 Å². The number of rotatable bonds is 2. The van der Waals surface area contributed by atoms with E-state index in [0.29, 0.717) is 5.69 Å². The Labute approximate surface area is 133 Å². The Bertz CT molecular complexity index is 1020. The van der Waals surface area contributed by atoms with E-state index in [-0.39, 0.29) is 5.91 Å². The van der Waals surface area contributed by atoms with Crippen molar-refractivity contribution < 1.29 is 4.79 Å². The molecule has 112 valence electrons. The highest BCUT2D eigenvalue weighted by Gasteiger charge is 2.19. The molecule has 0 unspecified atom stereocenters. The molecule has 4 rings (SSSR count). The molecule has 4 nitrogen and oxygen atoms in total. The van der Waals surface area contributed by atoms with E-state index in [0.717, 1.165) is 32.9 Å². The summed E-state index contributed by atoms with van der Waals surface area (Å²) in [5.41, 5.74) is 4.25. The van der Waals surface area contributed by atoms with Crippen LogP contribution in [0.25, 0.3) is 32.9 Å². The number of pyridine rings is 1. The van der Waals surface area contributed by atoms with Crippen molar-refractivity contribution in [2.24, 2.45) is 0 Å². The molecular formula is C19H15N3O. The topological polar surface area (TPSA) is 57.8 Å². The number of amides is 1. The molecule has 0 aliphatic rings. The molecule has 0 fully saturated rings. The second-order valence-electron chi connectivity index (χ2n) is 5.39. The van der Waals surface area contributed by atoms with Gasteiger partial charge in [0, 0.05) is 28.9 Å². The highest BCUT2D eigenvalue weighted by atomic mass is 16.1. The molecule has 0 aliphatic heterocycles. The summed E-state index contributed by atoms with van der Waals surface area (Å²) >= 11 is 0. The van der Waals surface area contributed by atoms with Gasteiger partial charge in [0.15, 0.2) is 0 Å². The summed E-state index contributed by atoms with van der Waals surface area (Å²) in [6.07, 6.45) is 1.73. The van der Waals surface area contributed by atoms with E-state index in [4.69, 9.17) is 0 Å². The van der Waals surface area contributed by atoms with Gasteiger partial charge < -0.3 is 10.3 Å². The number of nitrogens with zero attached hydrogens (tertiary/aromatic N) is 1. The normalized spacial score (nSPS) is 11.0. The van der Waals surface area contributed by atoms with E-state index < -0.39 is 0 Å². The largest absolute Gasteiger partial charge is 0.354 e. The lowest BCUT2D eigenvalue weighted by molar-refractivity contribution is 0.0959. The smallest absolute Gasteiger partial charge is 0.270 e. The first-order chi connectivity index (χ1) is 11.3. The molecule has 23 heavy (non-hydrogen) atoms. The maximum atomic E-state index is 12.3. The number of nitrogens with one attached hydrogen (secondary N) is 2. The fourth-order valence-corrected chi connectivity index (χ4v) is 3.02. The highest BCUT2D eigenvalue weighted by molar-refractivity contribution is 6.18. The van der Waals surface area contributed by atoms with Crippen LogP contribution in [-0.2, 0) is 0 Å². The summed E-state index contributed by atoms with van der Waals surface area (Å²) in [6.45, 7) is 0. The molecular weight excluding hydrogens is 286 g/mol. The molecule has 2 aromatic carbocycles. The molecule has 1 amide bonds. The minimum absolute atomic E-state index is 0.184. The average molecular weight is 301 g/mol. The Hall–Kier alpha value is -3.14. The summed E-state index contributed by atoms with van der Waals surface area (Å²) in [5.74, 6) is -0.184. The molecule has 0 atom stereocenters. The SMILES string of the molecule is CNC(=O)c1ncc2[nH]c3ccccc3c2c1-c1ccccc1. The van der Waals surface area contributed by atoms with Gasteiger partial charge in [-0.25, -0.2) is 4.98 Å². The van der Waals surface area contributed by atoms with Crippen molar-refractivity contribution >= 4 is 27.7 Å². The Morgan fingerprint density at radius 3 is 2.52 bits per heavy atom. The lowest BCUT2D eigenvalue weighted by Crippen LogP contribution is -2.20. The fraction of sp³-hybridized carbons (Fsp3) is 0.0526. The quantitative estimate of drug-likeness (QED) is 0.592. The molecule has 0 saturated heterocycles. The third kappa shape index (κ3) is 2.07. The van der Waals surface area contributed by atoms with E-state index in [1.54, 1.807) is 13.2 Å². The van der Waals surface area contributed by atoms with Crippen LogP contribution in [0.1, 0.15) is 10.5 Å². The van der Waals surface area contributed by atoms with Crippen LogP contribution in [0, 0.1) is 0 Å². The third-order valence-electron chi connectivity index (χ3n) is 4.05. The lowest BCUT2D eigenvalue weighted by Gasteiger charge is -2.10. The molecule has 2 heterocycles. The van der Waals surface area contributed by atoms with Crippen molar-refractivity contribution in [3.63, 3.8) is 0 Å². The minimum Gasteiger partial charge on any atom is -0.354 e. The maximum Gasteiger partial charge on any atom is 0.270 e. The Kier molecular flexibility index (Phi) is 3.08. The standard InChI is InChI=1S/C19H15N3O/c1-20-19(23)18-16(12-7-3-2-4-8-12)17-13-9-5-6-10-14(13)22-15(17)11-21-18/h2-11,22H,1H3,(H,20,23). The first-order valence-corrected chi connectivity index (χ1v) is 7.46. The van der Waals surface area contributed by atoms with Crippen molar-refractivity contribution in [1.82, 2.24) is 15.3 Å². The van der Waals surface area contributed by atoms with E-state index in [1.807, 2.05) is 48.5 Å². The Morgan fingerprint density at radius 2 is 1.74 bits per heavy atom. The summed E-state index contributed by atoms with van der Waals surface area (Å²) < 4.78 is 0. The summed E-state index contributed by atoms with van der Waals surface area (Å²) in [6, 6.07) is 18.0. The van der Waals surface area contributed by atoms with E-state index in [1.165, 1.54) is 0 Å². The van der Waals surface area contributed by atoms with E-state index in [2.05, 4.69) is 21.4 Å². The van der Waals surface area contributed by atoms with Crippen LogP contribution >= 0.6 is 0 Å². The molecule has 0 radical (unpaired) electrons. The number of carbonyl (C=O) groups excluding carboxylic acids is 1. The van der Waals surface area contributed by atoms with Crippen LogP contribution in [0.5, 0.6) is 0 Å². The highest BCUT2D eigenvalue weighted by Crippen LogP contribution is 2.35. The van der Waals surface area contributed by atoms with Crippen LogP contribution in [0.3, 0.4) is 0 Å². The number of carbonyl (C=O) groups is 1. The molecule has 2 aromatic heterocycles. The maximum absolute atomic E-state index is 12.3. The first kappa shape index (κ1) is 13.5. The number of hydrogen-bond donors (Lipinski definition) is 2. The van der Waals surface area contributed by atoms with Crippen LogP contribution in [0.4, 0.5) is 0 Å². The van der Waals surface area contributed by atoms with Crippen molar-refractivity contribution in [3.8, 4) is 11.1 Å². The van der Waals surface area contributed by atoms with Gasteiger partial charge in [-0.05, 0) is 11.6 Å². The number of H-pyrrole nitrogens is 1. The first-order valence-electron chi connectivity index (χ1n) is 7.46. The lowest BCUT2D eigenvalue weighted by atomic mass is 9.98. The third-order valence-corrected chi connectivity index (χ3v) is 4.05. The molecule has 0 aliphatic carbocycles. The zero-order valence-electron chi connectivity index (χ0n) is 12.6. The summed E-state index contributed by atoms with van der Waals surface area (Å²) in [4.78, 5) is 20.1. The van der Waals surface area contributed by atoms with Gasteiger partial charge in [0.25, 0.3) is 5.91 Å². The number of para-hydroxylation sites is 1. The van der Waals surface area contributed by atoms with Crippen molar-refractivity contribution in [1.29, 1.82) is 0 Å². The number of benzene rings is 2. The van der Waals surface area contributed by atoms with Crippen molar-refractivity contribution in [2.75, 3.05) is 7.05 Å². The second-order valence-corrected chi connectivity index (χ2v) is 5.39. The fourth-order valence-electron chi connectivity index (χ4n) is 3.02. The van der Waals surface area contributed by atoms with Gasteiger partial charge >= 0.3 is 0 Å². The number of hydrogen-bond acceptors (Lipinski definition) is 2. The second kappa shape index (κ2) is 5.25. The van der Waals surface area contributed by atoms with Crippen LogP contribution < -0.4 is 5.32 Å². The van der Waals surface area contributed by atoms with Crippen LogP contribution in [0.15, 0.2) is 60.8 Å². The van der Waals surface area contributed by atoms with Gasteiger partial charge in [-0.15, -0.1) is 0 Å². The van der Waals surface area contributed by atoms with Crippen LogP contribution in [-0.4, -0.2) is 22.9 Å². The van der Waals surface area contributed by atoms with Gasteiger partial charge in [-0.3, -0.25) is 4.79 Å². The average Bonchev–Trinajstić information content (AvgIpc) is 2.99. The molecule has 0 bridgehead atoms. The van der Waals surface area contributed by atoms with Gasteiger partial charge in [-0.1, -0.05) is 48.5 Å². The Morgan fingerprint density at radius 1 is 1.00 bits per heavy atom. The summed E-state index contributed by atoms with van der Waals surface area (Å²) in [7, 11) is 1.62. The molecule has 2 N–H and O–H groups in total. The van der Waals surface area contributed by atoms with Crippen molar-refractivity contribution in [3.05, 3.63) is 66.5 Å². The number of aromatic nitrogens is 2. The summed E-state index contributed by atoms with van der Waals surface area (Å²) in [5, 5.41) is 4.80. The monoisotopic (exact) mass is 301 g/mol. The minimum atomic E-state index is -0.184. The predicted octanol–water partition coefficient (Wildman–Crippen LogP) is 3.74. The zero-order chi connectivity index (χ0) is 15.8. The predicted molar refractivity (Wildman–Crippen MR) is 92.4 cm³/mol. The van der Waals surface area contributed by atoms with Crippen molar-refractivity contribution in [2.45, 2.75) is 0 Å². The van der Waals surface area contributed by atoms with Gasteiger partial charge in [-0.2, -0.15) is 0 Å². The van der Waals surface area contributed by atoms with E-state index >= 15 is 0 Å². The zero-order valence-corrected chi connectivity index (χ0v) is 12.6. The molecule has 4 heteroatoms. The molecule has 4 aromatic rings. The van der Waals surface area contributed by atoms with Crippen LogP contribution in [0.2, 0.25) is 0 Å². The molecule has 0 spiro atoms. The van der Waals surface area contributed by atoms with E-state index in [9.17, 15) is 4.79 Å². The Balaban J connectivity index is 2.19. The molecule has 0 saturated carbocycles. The van der Waals surface area contributed by atoms with Gasteiger partial charge in [0.1, 0.15) is 5.69 Å². The number of fused-ring (bicyclic) bond motifs is 3.